The van der Waals surface area contributed by atoms with Crippen LogP contribution in [0, 0.1) is 5.82 Å². The fraction of sp³-hybridized carbons (Fsp3) is 0.0625. The van der Waals surface area contributed by atoms with Gasteiger partial charge in [-0.1, -0.05) is 40.2 Å². The number of hydrogen-bond donors (Lipinski definition) is 0. The molecule has 0 aliphatic carbocycles. The average molecular weight is 331 g/mol. The molecule has 3 aromatic rings. The zero-order valence-electron chi connectivity index (χ0n) is 10.6. The highest BCUT2D eigenvalue weighted by molar-refractivity contribution is 9.10. The van der Waals surface area contributed by atoms with Crippen molar-refractivity contribution in [1.29, 1.82) is 0 Å². The van der Waals surface area contributed by atoms with Crippen LogP contribution in [0.15, 0.2) is 65.4 Å². The monoisotopic (exact) mass is 330 g/mol. The summed E-state index contributed by atoms with van der Waals surface area (Å²) in [6.45, 7) is 0.600. The average Bonchev–Trinajstić information content (AvgIpc) is 2.88. The Kier molecular flexibility index (Phi) is 3.65. The minimum atomic E-state index is -0.215. The summed E-state index contributed by atoms with van der Waals surface area (Å²) in [5.74, 6) is 0.662. The van der Waals surface area contributed by atoms with Crippen molar-refractivity contribution in [2.24, 2.45) is 0 Å². The first-order valence-corrected chi connectivity index (χ1v) is 7.03. The van der Waals surface area contributed by atoms with E-state index in [-0.39, 0.29) is 5.82 Å². The quantitative estimate of drug-likeness (QED) is 0.691. The number of nitrogens with zero attached hydrogens (tertiary/aromatic N) is 2. The number of halogens is 2. The molecule has 0 saturated heterocycles. The third kappa shape index (κ3) is 2.80. The number of benzene rings is 2. The van der Waals surface area contributed by atoms with Crippen molar-refractivity contribution in [3.8, 4) is 11.4 Å². The lowest BCUT2D eigenvalue weighted by molar-refractivity contribution is 0.623. The van der Waals surface area contributed by atoms with Crippen molar-refractivity contribution >= 4 is 15.9 Å². The van der Waals surface area contributed by atoms with Crippen LogP contribution < -0.4 is 0 Å². The van der Waals surface area contributed by atoms with E-state index in [9.17, 15) is 4.39 Å². The molecule has 4 heteroatoms. The Hall–Kier alpha value is -1.94. The molecule has 3 rings (SSSR count). The molecule has 0 spiro atoms. The van der Waals surface area contributed by atoms with E-state index >= 15 is 0 Å². The van der Waals surface area contributed by atoms with Gasteiger partial charge in [-0.2, -0.15) is 0 Å². The summed E-state index contributed by atoms with van der Waals surface area (Å²) >= 11 is 3.42. The third-order valence-electron chi connectivity index (χ3n) is 3.06. The Labute approximate surface area is 125 Å². The van der Waals surface area contributed by atoms with Crippen LogP contribution in [0.4, 0.5) is 4.39 Å². The van der Waals surface area contributed by atoms with Crippen molar-refractivity contribution in [1.82, 2.24) is 9.55 Å². The second-order valence-electron chi connectivity index (χ2n) is 4.52. The van der Waals surface area contributed by atoms with Crippen molar-refractivity contribution in [3.05, 3.63) is 76.8 Å². The Balaban J connectivity index is 1.92. The smallest absolute Gasteiger partial charge is 0.140 e. The van der Waals surface area contributed by atoms with Gasteiger partial charge in [0.15, 0.2) is 0 Å². The summed E-state index contributed by atoms with van der Waals surface area (Å²) < 4.78 is 16.3. The molecule has 100 valence electrons. The molecule has 2 nitrogen and oxygen atoms in total. The molecular weight excluding hydrogens is 319 g/mol. The van der Waals surface area contributed by atoms with Crippen molar-refractivity contribution in [3.63, 3.8) is 0 Å². The highest BCUT2D eigenvalue weighted by Gasteiger charge is 2.06. The molecular formula is C16H12BrFN2. The summed E-state index contributed by atoms with van der Waals surface area (Å²) in [4.78, 5) is 4.39. The summed E-state index contributed by atoms with van der Waals surface area (Å²) in [6.07, 6.45) is 3.67. The molecule has 0 bridgehead atoms. The predicted octanol–water partition coefficient (Wildman–Crippen LogP) is 4.50. The third-order valence-corrected chi connectivity index (χ3v) is 3.59. The maximum atomic E-state index is 13.2. The predicted molar refractivity (Wildman–Crippen MR) is 80.9 cm³/mol. The standard InChI is InChI=1S/C16H12BrFN2/c17-14-6-4-13(5-7-14)16-19-8-9-20(16)11-12-2-1-3-15(18)10-12/h1-10H,11H2. The van der Waals surface area contributed by atoms with Gasteiger partial charge >= 0.3 is 0 Å². The number of imidazole rings is 1. The van der Waals surface area contributed by atoms with E-state index in [4.69, 9.17) is 0 Å². The molecule has 0 unspecified atom stereocenters. The molecule has 0 fully saturated rings. The van der Waals surface area contributed by atoms with E-state index in [0.29, 0.717) is 6.54 Å². The molecule has 0 aliphatic rings. The molecule has 1 heterocycles. The van der Waals surface area contributed by atoms with Crippen LogP contribution in [0.1, 0.15) is 5.56 Å². The summed E-state index contributed by atoms with van der Waals surface area (Å²) in [5.41, 5.74) is 1.95. The second kappa shape index (κ2) is 5.59. The SMILES string of the molecule is Fc1cccc(Cn2ccnc2-c2ccc(Br)cc2)c1. The van der Waals surface area contributed by atoms with Crippen LogP contribution in [0.2, 0.25) is 0 Å². The zero-order chi connectivity index (χ0) is 13.9. The Bertz CT molecular complexity index is 719. The topological polar surface area (TPSA) is 17.8 Å². The van der Waals surface area contributed by atoms with Crippen LogP contribution in [-0.4, -0.2) is 9.55 Å². The van der Waals surface area contributed by atoms with Crippen molar-refractivity contribution < 1.29 is 4.39 Å². The normalized spacial score (nSPS) is 10.7. The van der Waals surface area contributed by atoms with Crippen molar-refractivity contribution in [2.75, 3.05) is 0 Å². The van der Waals surface area contributed by atoms with Gasteiger partial charge < -0.3 is 4.57 Å². The molecule has 2 aromatic carbocycles. The summed E-state index contributed by atoms with van der Waals surface area (Å²) in [7, 11) is 0. The van der Waals surface area contributed by atoms with E-state index in [0.717, 1.165) is 21.4 Å². The minimum absolute atomic E-state index is 0.215. The lowest BCUT2D eigenvalue weighted by atomic mass is 10.2. The largest absolute Gasteiger partial charge is 0.327 e. The van der Waals surface area contributed by atoms with Crippen LogP contribution in [0.25, 0.3) is 11.4 Å². The number of rotatable bonds is 3. The van der Waals surface area contributed by atoms with Gasteiger partial charge in [0.2, 0.25) is 0 Å². The maximum absolute atomic E-state index is 13.2. The van der Waals surface area contributed by atoms with E-state index in [1.807, 2.05) is 41.1 Å². The molecule has 0 saturated carbocycles. The minimum Gasteiger partial charge on any atom is -0.327 e. The van der Waals surface area contributed by atoms with Crippen LogP contribution in [0.5, 0.6) is 0 Å². The molecule has 0 N–H and O–H groups in total. The highest BCUT2D eigenvalue weighted by atomic mass is 79.9. The summed E-state index contributed by atoms with van der Waals surface area (Å²) in [5, 5.41) is 0. The van der Waals surface area contributed by atoms with Gasteiger partial charge in [-0.15, -0.1) is 0 Å². The van der Waals surface area contributed by atoms with E-state index in [1.54, 1.807) is 18.3 Å². The highest BCUT2D eigenvalue weighted by Crippen LogP contribution is 2.21. The molecule has 0 amide bonds. The molecule has 0 aliphatic heterocycles. The second-order valence-corrected chi connectivity index (χ2v) is 5.43. The molecule has 1 aromatic heterocycles. The van der Waals surface area contributed by atoms with Crippen molar-refractivity contribution in [2.45, 2.75) is 6.54 Å². The van der Waals surface area contributed by atoms with Gasteiger partial charge in [0.05, 0.1) is 0 Å². The Morgan fingerprint density at radius 2 is 1.90 bits per heavy atom. The van der Waals surface area contributed by atoms with Gasteiger partial charge in [0, 0.05) is 29.0 Å². The molecule has 20 heavy (non-hydrogen) atoms. The van der Waals surface area contributed by atoms with E-state index in [2.05, 4.69) is 20.9 Å². The fourth-order valence-electron chi connectivity index (χ4n) is 2.13. The van der Waals surface area contributed by atoms with E-state index < -0.39 is 0 Å². The number of aromatic nitrogens is 2. The molecule has 0 radical (unpaired) electrons. The zero-order valence-corrected chi connectivity index (χ0v) is 12.2. The first-order chi connectivity index (χ1) is 9.72. The lowest BCUT2D eigenvalue weighted by Crippen LogP contribution is -2.01. The first kappa shape index (κ1) is 13.1. The Morgan fingerprint density at radius 1 is 1.10 bits per heavy atom. The van der Waals surface area contributed by atoms with Gasteiger partial charge in [0.1, 0.15) is 11.6 Å². The summed E-state index contributed by atoms with van der Waals surface area (Å²) in [6, 6.07) is 14.6. The van der Waals surface area contributed by atoms with Gasteiger partial charge in [-0.05, 0) is 29.8 Å². The van der Waals surface area contributed by atoms with Crippen LogP contribution >= 0.6 is 15.9 Å². The first-order valence-electron chi connectivity index (χ1n) is 6.24. The fourth-order valence-corrected chi connectivity index (χ4v) is 2.39. The van der Waals surface area contributed by atoms with Gasteiger partial charge in [-0.3, -0.25) is 0 Å². The van der Waals surface area contributed by atoms with Gasteiger partial charge in [0.25, 0.3) is 0 Å². The maximum Gasteiger partial charge on any atom is 0.140 e. The van der Waals surface area contributed by atoms with Gasteiger partial charge in [-0.25, -0.2) is 9.37 Å². The molecule has 0 atom stereocenters. The number of hydrogen-bond acceptors (Lipinski definition) is 1. The Morgan fingerprint density at radius 3 is 2.65 bits per heavy atom. The lowest BCUT2D eigenvalue weighted by Gasteiger charge is -2.08. The van der Waals surface area contributed by atoms with Crippen LogP contribution in [-0.2, 0) is 6.54 Å². The van der Waals surface area contributed by atoms with E-state index in [1.165, 1.54) is 6.07 Å². The van der Waals surface area contributed by atoms with Crippen LogP contribution in [0.3, 0.4) is 0 Å².